The summed E-state index contributed by atoms with van der Waals surface area (Å²) in [5.41, 5.74) is 0. The lowest BCUT2D eigenvalue weighted by atomic mass is 10.0. The molecule has 3 nitrogen and oxygen atoms in total. The van der Waals surface area contributed by atoms with Gasteiger partial charge in [-0.2, -0.15) is 0 Å². The van der Waals surface area contributed by atoms with E-state index in [-0.39, 0.29) is 5.75 Å². The highest BCUT2D eigenvalue weighted by Gasteiger charge is 2.20. The Morgan fingerprint density at radius 3 is 3.00 bits per heavy atom. The van der Waals surface area contributed by atoms with E-state index in [0.717, 1.165) is 6.54 Å². The number of nitrogens with one attached hydrogen (secondary N) is 1. The average Bonchev–Trinajstić information content (AvgIpc) is 2.15. The summed E-state index contributed by atoms with van der Waals surface area (Å²) in [6, 6.07) is 0.512. The molecule has 0 aliphatic carbocycles. The molecule has 1 unspecified atom stereocenters. The van der Waals surface area contributed by atoms with Gasteiger partial charge in [-0.25, -0.2) is 0 Å². The molecule has 1 aliphatic rings. The van der Waals surface area contributed by atoms with Crippen molar-refractivity contribution in [1.29, 1.82) is 0 Å². The first kappa shape index (κ1) is 10.9. The number of hydrogen-bond acceptors (Lipinski definition) is 3. The van der Waals surface area contributed by atoms with Crippen LogP contribution in [0.15, 0.2) is 0 Å². The van der Waals surface area contributed by atoms with E-state index in [4.69, 9.17) is 5.11 Å². The van der Waals surface area contributed by atoms with Crippen molar-refractivity contribution in [2.75, 3.05) is 12.3 Å². The minimum absolute atomic E-state index is 0.222. The molecule has 0 amide bonds. The summed E-state index contributed by atoms with van der Waals surface area (Å²) >= 11 is 1.53. The maximum atomic E-state index is 10.3. The lowest BCUT2D eigenvalue weighted by Crippen LogP contribution is -2.40. The fourth-order valence-electron chi connectivity index (χ4n) is 1.60. The van der Waals surface area contributed by atoms with Crippen LogP contribution in [0.1, 0.15) is 26.2 Å². The summed E-state index contributed by atoms with van der Waals surface area (Å²) < 4.78 is 0. The topological polar surface area (TPSA) is 49.3 Å². The predicted octanol–water partition coefficient (Wildman–Crippen LogP) is 1.33. The summed E-state index contributed by atoms with van der Waals surface area (Å²) in [7, 11) is 0. The number of thioether (sulfide) groups is 1. The number of carboxylic acid groups (broad SMARTS) is 1. The Morgan fingerprint density at radius 2 is 2.46 bits per heavy atom. The molecular formula is C9H17NO2S. The predicted molar refractivity (Wildman–Crippen MR) is 55.2 cm³/mol. The molecular weight excluding hydrogens is 186 g/mol. The summed E-state index contributed by atoms with van der Waals surface area (Å²) in [6.07, 6.45) is 3.72. The smallest absolute Gasteiger partial charge is 0.313 e. The van der Waals surface area contributed by atoms with E-state index in [0.29, 0.717) is 11.3 Å². The van der Waals surface area contributed by atoms with Crippen LogP contribution in [0.5, 0.6) is 0 Å². The Morgan fingerprint density at radius 1 is 1.69 bits per heavy atom. The molecule has 0 spiro atoms. The molecule has 0 saturated carbocycles. The van der Waals surface area contributed by atoms with Gasteiger partial charge in [0, 0.05) is 11.3 Å². The van der Waals surface area contributed by atoms with Gasteiger partial charge >= 0.3 is 5.97 Å². The minimum Gasteiger partial charge on any atom is -0.481 e. The molecule has 13 heavy (non-hydrogen) atoms. The average molecular weight is 203 g/mol. The van der Waals surface area contributed by atoms with Crippen molar-refractivity contribution >= 4 is 17.7 Å². The molecule has 4 heteroatoms. The first-order valence-electron chi connectivity index (χ1n) is 4.77. The van der Waals surface area contributed by atoms with Crippen molar-refractivity contribution in [2.45, 2.75) is 37.5 Å². The number of carbonyl (C=O) groups is 1. The van der Waals surface area contributed by atoms with Crippen LogP contribution in [0.25, 0.3) is 0 Å². The minimum atomic E-state index is -0.715. The van der Waals surface area contributed by atoms with E-state index in [1.54, 1.807) is 0 Å². The molecule has 0 radical (unpaired) electrons. The number of carboxylic acids is 1. The number of piperidine rings is 1. The largest absolute Gasteiger partial charge is 0.481 e. The monoisotopic (exact) mass is 203 g/mol. The molecule has 0 aromatic heterocycles. The maximum absolute atomic E-state index is 10.3. The van der Waals surface area contributed by atoms with Crippen molar-refractivity contribution in [1.82, 2.24) is 5.32 Å². The van der Waals surface area contributed by atoms with Crippen LogP contribution in [0.4, 0.5) is 0 Å². The van der Waals surface area contributed by atoms with Crippen molar-refractivity contribution in [3.63, 3.8) is 0 Å². The fraction of sp³-hybridized carbons (Fsp3) is 0.889. The van der Waals surface area contributed by atoms with E-state index in [9.17, 15) is 4.79 Å². The van der Waals surface area contributed by atoms with E-state index in [1.807, 2.05) is 0 Å². The second-order valence-electron chi connectivity index (χ2n) is 3.47. The molecule has 0 bridgehead atoms. The Balaban J connectivity index is 2.20. The quantitative estimate of drug-likeness (QED) is 0.724. The molecule has 1 heterocycles. The summed E-state index contributed by atoms with van der Waals surface area (Å²) in [4.78, 5) is 10.3. The van der Waals surface area contributed by atoms with Crippen LogP contribution >= 0.6 is 11.8 Å². The molecule has 2 atom stereocenters. The van der Waals surface area contributed by atoms with E-state index in [2.05, 4.69) is 12.2 Å². The molecule has 0 aromatic rings. The van der Waals surface area contributed by atoms with Gasteiger partial charge in [0.25, 0.3) is 0 Å². The summed E-state index contributed by atoms with van der Waals surface area (Å²) in [5.74, 6) is -0.494. The SMILES string of the molecule is C[C@@H](SCC(=O)O)C1CCCCN1. The van der Waals surface area contributed by atoms with E-state index >= 15 is 0 Å². The Bertz CT molecular complexity index is 169. The zero-order valence-corrected chi connectivity index (χ0v) is 8.77. The van der Waals surface area contributed by atoms with Gasteiger partial charge in [0.05, 0.1) is 5.75 Å². The van der Waals surface area contributed by atoms with Gasteiger partial charge in [-0.3, -0.25) is 4.79 Å². The molecule has 76 valence electrons. The molecule has 0 aromatic carbocycles. The van der Waals surface area contributed by atoms with Crippen molar-refractivity contribution in [3.05, 3.63) is 0 Å². The Labute approximate surface area is 83.3 Å². The number of hydrogen-bond donors (Lipinski definition) is 2. The molecule has 1 saturated heterocycles. The van der Waals surface area contributed by atoms with Crippen molar-refractivity contribution < 1.29 is 9.90 Å². The Kier molecular flexibility index (Phi) is 4.59. The third-order valence-electron chi connectivity index (χ3n) is 2.38. The van der Waals surface area contributed by atoms with Crippen molar-refractivity contribution in [2.24, 2.45) is 0 Å². The first-order chi connectivity index (χ1) is 6.20. The van der Waals surface area contributed by atoms with Crippen LogP contribution in [-0.4, -0.2) is 34.7 Å². The Hall–Kier alpha value is -0.220. The lowest BCUT2D eigenvalue weighted by molar-refractivity contribution is -0.133. The van der Waals surface area contributed by atoms with E-state index in [1.165, 1.54) is 31.0 Å². The highest BCUT2D eigenvalue weighted by Crippen LogP contribution is 2.20. The van der Waals surface area contributed by atoms with Gasteiger partial charge in [0.1, 0.15) is 0 Å². The van der Waals surface area contributed by atoms with Gasteiger partial charge in [-0.15, -0.1) is 11.8 Å². The zero-order valence-electron chi connectivity index (χ0n) is 7.95. The van der Waals surface area contributed by atoms with Crippen molar-refractivity contribution in [3.8, 4) is 0 Å². The summed E-state index contributed by atoms with van der Waals surface area (Å²) in [5, 5.41) is 12.4. The normalized spacial score (nSPS) is 25.5. The maximum Gasteiger partial charge on any atom is 0.313 e. The van der Waals surface area contributed by atoms with Crippen LogP contribution in [0.2, 0.25) is 0 Å². The number of rotatable bonds is 4. The third kappa shape index (κ3) is 4.00. The number of aliphatic carboxylic acids is 1. The molecule has 2 N–H and O–H groups in total. The van der Waals surface area contributed by atoms with Gasteiger partial charge in [-0.05, 0) is 19.4 Å². The van der Waals surface area contributed by atoms with Crippen LogP contribution < -0.4 is 5.32 Å². The van der Waals surface area contributed by atoms with E-state index < -0.39 is 5.97 Å². The van der Waals surface area contributed by atoms with Gasteiger partial charge in [0.2, 0.25) is 0 Å². The second-order valence-corrected chi connectivity index (χ2v) is 4.83. The van der Waals surface area contributed by atoms with Gasteiger partial charge in [0.15, 0.2) is 0 Å². The van der Waals surface area contributed by atoms with Gasteiger partial charge in [-0.1, -0.05) is 13.3 Å². The highest BCUT2D eigenvalue weighted by atomic mass is 32.2. The van der Waals surface area contributed by atoms with Gasteiger partial charge < -0.3 is 10.4 Å². The second kappa shape index (κ2) is 5.50. The molecule has 1 fully saturated rings. The highest BCUT2D eigenvalue weighted by molar-refractivity contribution is 8.00. The zero-order chi connectivity index (χ0) is 9.68. The summed E-state index contributed by atoms with van der Waals surface area (Å²) in [6.45, 7) is 3.19. The molecule has 1 aliphatic heterocycles. The standard InChI is InChI=1S/C9H17NO2S/c1-7(13-6-9(11)12)8-4-2-3-5-10-8/h7-8,10H,2-6H2,1H3,(H,11,12)/t7-,8?/m1/s1. The first-order valence-corrected chi connectivity index (χ1v) is 5.82. The lowest BCUT2D eigenvalue weighted by Gasteiger charge is -2.28. The van der Waals surface area contributed by atoms with Crippen LogP contribution in [-0.2, 0) is 4.79 Å². The molecule has 1 rings (SSSR count). The van der Waals surface area contributed by atoms with Crippen LogP contribution in [0.3, 0.4) is 0 Å². The van der Waals surface area contributed by atoms with Crippen LogP contribution in [0, 0.1) is 0 Å². The fourth-order valence-corrected chi connectivity index (χ4v) is 2.47. The third-order valence-corrected chi connectivity index (χ3v) is 3.65.